The number of nitrogens with one attached hydrogen (secondary N) is 1. The molecule has 1 aromatic carbocycles. The molecule has 0 radical (unpaired) electrons. The number of carbonyl (C=O) groups excluding carboxylic acids is 2. The van der Waals surface area contributed by atoms with Gasteiger partial charge in [-0.3, -0.25) is 14.6 Å². The number of ether oxygens (including phenoxy) is 1. The van der Waals surface area contributed by atoms with E-state index in [-0.39, 0.29) is 27.8 Å². The van der Waals surface area contributed by atoms with Crippen LogP contribution in [0.4, 0.5) is 26.0 Å². The first-order valence-electron chi connectivity index (χ1n) is 11.1. The number of pyridine rings is 2. The molecule has 0 saturated heterocycles. The van der Waals surface area contributed by atoms with Gasteiger partial charge in [0, 0.05) is 44.2 Å². The standard InChI is InChI=1S/C25H24ClF2N5O3/c1-14-23-16(5-4-8-29-23)22-19(12-20(31-24(22)28)32(2)9-10-36-3)33(25(14)35)13-21(34)30-15-6-7-17(26)18(27)11-15/h4-8,11-12,14H,9-10,13H2,1-3H3,(H,30,34). The summed E-state index contributed by atoms with van der Waals surface area (Å²) in [6, 6.07) is 8.71. The highest BCUT2D eigenvalue weighted by molar-refractivity contribution is 6.30. The number of rotatable bonds is 7. The van der Waals surface area contributed by atoms with Crippen LogP contribution in [0.3, 0.4) is 0 Å². The molecule has 3 aromatic rings. The maximum atomic E-state index is 15.6. The Morgan fingerprint density at radius 3 is 2.78 bits per heavy atom. The van der Waals surface area contributed by atoms with Crippen molar-refractivity contribution in [3.8, 4) is 11.1 Å². The number of hydrogen-bond acceptors (Lipinski definition) is 6. The number of benzene rings is 1. The summed E-state index contributed by atoms with van der Waals surface area (Å²) < 4.78 is 34.5. The van der Waals surface area contributed by atoms with Crippen molar-refractivity contribution in [2.24, 2.45) is 0 Å². The average Bonchev–Trinajstić information content (AvgIpc) is 2.94. The molecule has 1 atom stereocenters. The van der Waals surface area contributed by atoms with Gasteiger partial charge in [0.25, 0.3) is 0 Å². The molecule has 0 aliphatic carbocycles. The van der Waals surface area contributed by atoms with E-state index in [4.69, 9.17) is 16.3 Å². The molecule has 1 aliphatic rings. The molecule has 2 amide bonds. The minimum atomic E-state index is -0.798. The summed E-state index contributed by atoms with van der Waals surface area (Å²) in [6.45, 7) is 2.01. The fraction of sp³-hybridized carbons (Fsp3) is 0.280. The van der Waals surface area contributed by atoms with E-state index in [1.807, 2.05) is 0 Å². The number of nitrogens with zero attached hydrogens (tertiary/aromatic N) is 4. The minimum absolute atomic E-state index is 0.0741. The van der Waals surface area contributed by atoms with Gasteiger partial charge in [-0.05, 0) is 31.2 Å². The molecule has 0 spiro atoms. The molecule has 1 aliphatic heterocycles. The van der Waals surface area contributed by atoms with E-state index in [1.165, 1.54) is 23.2 Å². The van der Waals surface area contributed by atoms with Gasteiger partial charge in [0.1, 0.15) is 18.2 Å². The summed E-state index contributed by atoms with van der Waals surface area (Å²) in [7, 11) is 3.27. The van der Waals surface area contributed by atoms with Gasteiger partial charge in [0.15, 0.2) is 0 Å². The molecule has 2 aromatic heterocycles. The Balaban J connectivity index is 1.77. The van der Waals surface area contributed by atoms with Crippen LogP contribution in [0.25, 0.3) is 11.1 Å². The summed E-state index contributed by atoms with van der Waals surface area (Å²) >= 11 is 5.71. The fourth-order valence-corrected chi connectivity index (χ4v) is 4.13. The highest BCUT2D eigenvalue weighted by Gasteiger charge is 2.36. The first-order valence-corrected chi connectivity index (χ1v) is 11.5. The third-order valence-electron chi connectivity index (χ3n) is 5.91. The molecular weight excluding hydrogens is 492 g/mol. The zero-order chi connectivity index (χ0) is 26.0. The quantitative estimate of drug-likeness (QED) is 0.473. The maximum Gasteiger partial charge on any atom is 0.244 e. The molecule has 1 N–H and O–H groups in total. The van der Waals surface area contributed by atoms with Crippen molar-refractivity contribution in [2.75, 3.05) is 49.0 Å². The van der Waals surface area contributed by atoms with E-state index in [2.05, 4.69) is 15.3 Å². The number of amides is 2. The summed E-state index contributed by atoms with van der Waals surface area (Å²) in [6.07, 6.45) is 1.53. The second-order valence-electron chi connectivity index (χ2n) is 8.34. The van der Waals surface area contributed by atoms with Gasteiger partial charge in [0.05, 0.1) is 34.5 Å². The third-order valence-corrected chi connectivity index (χ3v) is 6.22. The highest BCUT2D eigenvalue weighted by Crippen LogP contribution is 2.42. The van der Waals surface area contributed by atoms with E-state index in [0.717, 1.165) is 6.07 Å². The number of hydrogen-bond donors (Lipinski definition) is 1. The average molecular weight is 516 g/mol. The van der Waals surface area contributed by atoms with Crippen molar-refractivity contribution in [3.63, 3.8) is 0 Å². The Hall–Kier alpha value is -3.63. The first kappa shape index (κ1) is 25.5. The number of carbonyl (C=O) groups is 2. The van der Waals surface area contributed by atoms with Crippen LogP contribution in [0.1, 0.15) is 18.5 Å². The second kappa shape index (κ2) is 10.5. The smallest absolute Gasteiger partial charge is 0.244 e. The van der Waals surface area contributed by atoms with Crippen LogP contribution < -0.4 is 15.1 Å². The van der Waals surface area contributed by atoms with Crippen LogP contribution in [0.15, 0.2) is 42.6 Å². The Kier molecular flexibility index (Phi) is 7.46. The van der Waals surface area contributed by atoms with E-state index in [1.54, 1.807) is 44.2 Å². The topological polar surface area (TPSA) is 87.7 Å². The molecule has 188 valence electrons. The van der Waals surface area contributed by atoms with Crippen molar-refractivity contribution in [2.45, 2.75) is 12.8 Å². The Bertz CT molecular complexity index is 1320. The normalized spacial score (nSPS) is 14.7. The van der Waals surface area contributed by atoms with Gasteiger partial charge in [0.2, 0.25) is 17.8 Å². The molecular formula is C25H24ClF2N5O3. The molecule has 3 heterocycles. The molecule has 36 heavy (non-hydrogen) atoms. The fourth-order valence-electron chi connectivity index (χ4n) is 4.01. The summed E-state index contributed by atoms with van der Waals surface area (Å²) in [4.78, 5) is 37.9. The van der Waals surface area contributed by atoms with E-state index >= 15 is 4.39 Å². The monoisotopic (exact) mass is 515 g/mol. The van der Waals surface area contributed by atoms with Gasteiger partial charge in [-0.2, -0.15) is 4.39 Å². The van der Waals surface area contributed by atoms with E-state index in [0.29, 0.717) is 24.4 Å². The lowest BCUT2D eigenvalue weighted by Gasteiger charge is -2.26. The van der Waals surface area contributed by atoms with Crippen molar-refractivity contribution in [1.82, 2.24) is 9.97 Å². The van der Waals surface area contributed by atoms with Gasteiger partial charge in [-0.1, -0.05) is 17.7 Å². The van der Waals surface area contributed by atoms with Crippen LogP contribution in [-0.4, -0.2) is 55.6 Å². The molecule has 0 saturated carbocycles. The number of halogens is 3. The Labute approximate surface area is 211 Å². The van der Waals surface area contributed by atoms with Gasteiger partial charge in [-0.15, -0.1) is 0 Å². The molecule has 11 heteroatoms. The Morgan fingerprint density at radius 1 is 1.28 bits per heavy atom. The molecule has 0 fully saturated rings. The van der Waals surface area contributed by atoms with Gasteiger partial charge in [-0.25, -0.2) is 9.37 Å². The molecule has 8 nitrogen and oxygen atoms in total. The van der Waals surface area contributed by atoms with Crippen molar-refractivity contribution in [3.05, 3.63) is 65.1 Å². The summed E-state index contributed by atoms with van der Waals surface area (Å²) in [5.74, 6) is -3.04. The molecule has 4 rings (SSSR count). The Morgan fingerprint density at radius 2 is 2.06 bits per heavy atom. The lowest BCUT2D eigenvalue weighted by Crippen LogP contribution is -2.40. The zero-order valence-corrected chi connectivity index (χ0v) is 20.6. The first-order chi connectivity index (χ1) is 17.2. The predicted molar refractivity (Wildman–Crippen MR) is 133 cm³/mol. The van der Waals surface area contributed by atoms with Crippen LogP contribution >= 0.6 is 11.6 Å². The van der Waals surface area contributed by atoms with Gasteiger partial charge >= 0.3 is 0 Å². The maximum absolute atomic E-state index is 15.6. The lowest BCUT2D eigenvalue weighted by molar-refractivity contribution is -0.122. The molecule has 1 unspecified atom stereocenters. The predicted octanol–water partition coefficient (Wildman–Crippen LogP) is 4.25. The zero-order valence-electron chi connectivity index (χ0n) is 19.9. The largest absolute Gasteiger partial charge is 0.383 e. The van der Waals surface area contributed by atoms with Crippen LogP contribution in [0.5, 0.6) is 0 Å². The van der Waals surface area contributed by atoms with E-state index < -0.39 is 36.0 Å². The third kappa shape index (κ3) is 5.00. The second-order valence-corrected chi connectivity index (χ2v) is 8.75. The van der Waals surface area contributed by atoms with Crippen molar-refractivity contribution < 1.29 is 23.1 Å². The van der Waals surface area contributed by atoms with Gasteiger partial charge < -0.3 is 19.9 Å². The van der Waals surface area contributed by atoms with Crippen molar-refractivity contribution >= 4 is 40.6 Å². The summed E-state index contributed by atoms with van der Waals surface area (Å²) in [5, 5.41) is 2.48. The number of anilines is 3. The van der Waals surface area contributed by atoms with Crippen LogP contribution in [0.2, 0.25) is 5.02 Å². The lowest BCUT2D eigenvalue weighted by atomic mass is 9.98. The minimum Gasteiger partial charge on any atom is -0.383 e. The number of methoxy groups -OCH3 is 1. The molecule has 0 bridgehead atoms. The summed E-state index contributed by atoms with van der Waals surface area (Å²) in [5.41, 5.74) is 1.23. The number of aromatic nitrogens is 2. The number of likely N-dealkylation sites (N-methyl/N-ethyl adjacent to an activating group) is 1. The SMILES string of the molecule is COCCN(C)c1cc2c(c(F)n1)-c1cccnc1C(C)C(=O)N2CC(=O)Nc1ccc(Cl)c(F)c1. The van der Waals surface area contributed by atoms with E-state index in [9.17, 15) is 14.0 Å². The number of fused-ring (bicyclic) bond motifs is 3. The van der Waals surface area contributed by atoms with Crippen LogP contribution in [-0.2, 0) is 14.3 Å². The highest BCUT2D eigenvalue weighted by atomic mass is 35.5. The van der Waals surface area contributed by atoms with Crippen LogP contribution in [0, 0.1) is 11.8 Å². The van der Waals surface area contributed by atoms with Crippen molar-refractivity contribution in [1.29, 1.82) is 0 Å².